The minimum absolute atomic E-state index is 0.201. The Morgan fingerprint density at radius 3 is 2.94 bits per heavy atom. The Labute approximate surface area is 109 Å². The number of nitrogens with one attached hydrogen (secondary N) is 1. The van der Waals surface area contributed by atoms with Crippen molar-refractivity contribution in [1.29, 1.82) is 0 Å². The van der Waals surface area contributed by atoms with Gasteiger partial charge in [0.1, 0.15) is 10.8 Å². The van der Waals surface area contributed by atoms with Crippen molar-refractivity contribution in [3.05, 3.63) is 53.4 Å². The van der Waals surface area contributed by atoms with Crippen LogP contribution in [-0.4, -0.2) is 4.98 Å². The molecule has 1 aromatic carbocycles. The topological polar surface area (TPSA) is 38.1 Å². The van der Waals surface area contributed by atoms with Gasteiger partial charge in [-0.1, -0.05) is 12.1 Å². The molecule has 2 heterocycles. The highest BCUT2D eigenvalue weighted by Gasteiger charge is 2.09. The molecule has 0 spiro atoms. The van der Waals surface area contributed by atoms with Crippen LogP contribution >= 0.6 is 11.3 Å². The van der Waals surface area contributed by atoms with E-state index in [1.54, 1.807) is 17.6 Å². The van der Waals surface area contributed by atoms with Crippen LogP contribution in [0.5, 0.6) is 0 Å². The smallest absolute Gasteiger partial charge is 0.120 e. The number of thiazole rings is 1. The van der Waals surface area contributed by atoms with Gasteiger partial charge in [0.2, 0.25) is 0 Å². The van der Waals surface area contributed by atoms with Crippen LogP contribution in [0.1, 0.15) is 23.7 Å². The Balaban J connectivity index is 1.69. The van der Waals surface area contributed by atoms with Gasteiger partial charge < -0.3 is 9.73 Å². The van der Waals surface area contributed by atoms with Crippen LogP contribution in [-0.2, 0) is 6.54 Å². The molecule has 92 valence electrons. The summed E-state index contributed by atoms with van der Waals surface area (Å²) in [7, 11) is 0. The van der Waals surface area contributed by atoms with Gasteiger partial charge in [-0.05, 0) is 31.2 Å². The lowest BCUT2D eigenvalue weighted by atomic mass is 10.2. The molecule has 18 heavy (non-hydrogen) atoms. The van der Waals surface area contributed by atoms with E-state index >= 15 is 0 Å². The van der Waals surface area contributed by atoms with Gasteiger partial charge in [0, 0.05) is 6.54 Å². The average Bonchev–Trinajstić information content (AvgIpc) is 3.04. The molecule has 1 atom stereocenters. The van der Waals surface area contributed by atoms with Gasteiger partial charge in [-0.2, -0.15) is 0 Å². The number of furan rings is 1. The number of hydrogen-bond donors (Lipinski definition) is 1. The fourth-order valence-corrected chi connectivity index (χ4v) is 2.79. The molecule has 0 saturated carbocycles. The summed E-state index contributed by atoms with van der Waals surface area (Å²) in [5, 5.41) is 4.52. The first-order chi connectivity index (χ1) is 8.83. The molecule has 1 N–H and O–H groups in total. The van der Waals surface area contributed by atoms with Crippen molar-refractivity contribution >= 4 is 21.6 Å². The lowest BCUT2D eigenvalue weighted by Gasteiger charge is -2.09. The minimum Gasteiger partial charge on any atom is -0.468 e. The van der Waals surface area contributed by atoms with Crippen molar-refractivity contribution in [2.75, 3.05) is 0 Å². The van der Waals surface area contributed by atoms with Crippen molar-refractivity contribution in [3.63, 3.8) is 0 Å². The normalized spacial score (nSPS) is 12.9. The summed E-state index contributed by atoms with van der Waals surface area (Å²) < 4.78 is 6.60. The Morgan fingerprint density at radius 1 is 1.28 bits per heavy atom. The zero-order chi connectivity index (χ0) is 12.4. The Kier molecular flexibility index (Phi) is 3.13. The van der Waals surface area contributed by atoms with E-state index in [-0.39, 0.29) is 6.04 Å². The van der Waals surface area contributed by atoms with Crippen molar-refractivity contribution in [2.24, 2.45) is 0 Å². The molecule has 4 heteroatoms. The van der Waals surface area contributed by atoms with Gasteiger partial charge in [0.05, 0.1) is 22.5 Å². The van der Waals surface area contributed by atoms with Crippen LogP contribution in [0.2, 0.25) is 0 Å². The maximum absolute atomic E-state index is 5.36. The van der Waals surface area contributed by atoms with E-state index in [0.29, 0.717) is 0 Å². The summed E-state index contributed by atoms with van der Waals surface area (Å²) in [4.78, 5) is 4.59. The van der Waals surface area contributed by atoms with Crippen molar-refractivity contribution < 1.29 is 4.42 Å². The van der Waals surface area contributed by atoms with Gasteiger partial charge in [-0.3, -0.25) is 0 Å². The average molecular weight is 258 g/mol. The standard InChI is InChI=1S/C14H14N2OS/c1-10(12-6-4-8-17-12)15-9-14-16-11-5-2-3-7-13(11)18-14/h2-8,10,15H,9H2,1H3/t10-/m1/s1. The molecule has 0 radical (unpaired) electrons. The quantitative estimate of drug-likeness (QED) is 0.774. The van der Waals surface area contributed by atoms with Crippen LogP contribution in [0.25, 0.3) is 10.2 Å². The van der Waals surface area contributed by atoms with E-state index < -0.39 is 0 Å². The minimum atomic E-state index is 0.201. The van der Waals surface area contributed by atoms with E-state index in [9.17, 15) is 0 Å². The van der Waals surface area contributed by atoms with Gasteiger partial charge in [-0.15, -0.1) is 11.3 Å². The molecule has 0 aliphatic heterocycles. The third-order valence-electron chi connectivity index (χ3n) is 2.87. The summed E-state index contributed by atoms with van der Waals surface area (Å²) >= 11 is 1.73. The summed E-state index contributed by atoms with van der Waals surface area (Å²) in [6.45, 7) is 2.85. The van der Waals surface area contributed by atoms with Crippen molar-refractivity contribution in [2.45, 2.75) is 19.5 Å². The van der Waals surface area contributed by atoms with Crippen LogP contribution in [0.4, 0.5) is 0 Å². The number of nitrogens with zero attached hydrogens (tertiary/aromatic N) is 1. The van der Waals surface area contributed by atoms with E-state index in [1.807, 2.05) is 30.3 Å². The second kappa shape index (κ2) is 4.92. The fourth-order valence-electron chi connectivity index (χ4n) is 1.87. The van der Waals surface area contributed by atoms with E-state index in [1.165, 1.54) is 4.70 Å². The highest BCUT2D eigenvalue weighted by Crippen LogP contribution is 2.22. The van der Waals surface area contributed by atoms with Gasteiger partial charge in [-0.25, -0.2) is 4.98 Å². The maximum Gasteiger partial charge on any atom is 0.120 e. The van der Waals surface area contributed by atoms with E-state index in [4.69, 9.17) is 4.42 Å². The molecule has 0 aliphatic carbocycles. The van der Waals surface area contributed by atoms with Crippen LogP contribution in [0.15, 0.2) is 47.1 Å². The number of aromatic nitrogens is 1. The van der Waals surface area contributed by atoms with Gasteiger partial charge in [0.25, 0.3) is 0 Å². The van der Waals surface area contributed by atoms with Crippen LogP contribution in [0, 0.1) is 0 Å². The van der Waals surface area contributed by atoms with Gasteiger partial charge >= 0.3 is 0 Å². The van der Waals surface area contributed by atoms with E-state index in [0.717, 1.165) is 22.8 Å². The first-order valence-electron chi connectivity index (χ1n) is 5.94. The summed E-state index contributed by atoms with van der Waals surface area (Å²) in [5.74, 6) is 0.955. The molecule has 3 rings (SSSR count). The summed E-state index contributed by atoms with van der Waals surface area (Å²) in [6.07, 6.45) is 1.70. The van der Waals surface area contributed by atoms with Crippen LogP contribution < -0.4 is 5.32 Å². The summed E-state index contributed by atoms with van der Waals surface area (Å²) in [5.41, 5.74) is 1.07. The van der Waals surface area contributed by atoms with Crippen LogP contribution in [0.3, 0.4) is 0 Å². The molecule has 0 fully saturated rings. The lowest BCUT2D eigenvalue weighted by Crippen LogP contribution is -2.17. The molecule has 0 aliphatic rings. The third kappa shape index (κ3) is 2.30. The molecule has 3 aromatic rings. The largest absolute Gasteiger partial charge is 0.468 e. The first-order valence-corrected chi connectivity index (χ1v) is 6.76. The fraction of sp³-hybridized carbons (Fsp3) is 0.214. The zero-order valence-corrected chi connectivity index (χ0v) is 10.9. The predicted molar refractivity (Wildman–Crippen MR) is 73.6 cm³/mol. The number of para-hydroxylation sites is 1. The highest BCUT2D eigenvalue weighted by atomic mass is 32.1. The Hall–Kier alpha value is -1.65. The van der Waals surface area contributed by atoms with Crippen molar-refractivity contribution in [1.82, 2.24) is 10.3 Å². The molecular weight excluding hydrogens is 244 g/mol. The second-order valence-corrected chi connectivity index (χ2v) is 5.31. The van der Waals surface area contributed by atoms with Crippen molar-refractivity contribution in [3.8, 4) is 0 Å². The Morgan fingerprint density at radius 2 is 2.17 bits per heavy atom. The number of benzene rings is 1. The Bertz CT molecular complexity index is 597. The molecule has 0 unspecified atom stereocenters. The zero-order valence-electron chi connectivity index (χ0n) is 10.1. The number of hydrogen-bond acceptors (Lipinski definition) is 4. The third-order valence-corrected chi connectivity index (χ3v) is 3.90. The second-order valence-electron chi connectivity index (χ2n) is 4.19. The lowest BCUT2D eigenvalue weighted by molar-refractivity contribution is 0.430. The van der Waals surface area contributed by atoms with E-state index in [2.05, 4.69) is 23.3 Å². The molecule has 3 nitrogen and oxygen atoms in total. The number of rotatable bonds is 4. The number of fused-ring (bicyclic) bond motifs is 1. The maximum atomic E-state index is 5.36. The monoisotopic (exact) mass is 258 g/mol. The molecule has 0 bridgehead atoms. The molecular formula is C14H14N2OS. The van der Waals surface area contributed by atoms with Gasteiger partial charge in [0.15, 0.2) is 0 Å². The SMILES string of the molecule is C[C@@H](NCc1nc2ccccc2s1)c1ccco1. The highest BCUT2D eigenvalue weighted by molar-refractivity contribution is 7.18. The molecule has 0 amide bonds. The summed E-state index contributed by atoms with van der Waals surface area (Å²) in [6, 6.07) is 12.3. The predicted octanol–water partition coefficient (Wildman–Crippen LogP) is 3.74. The molecule has 0 saturated heterocycles. The first kappa shape index (κ1) is 11.4. The molecule has 2 aromatic heterocycles.